The molecule has 0 atom stereocenters. The van der Waals surface area contributed by atoms with Gasteiger partial charge in [0.25, 0.3) is 11.8 Å². The monoisotopic (exact) mass is 469 g/mol. The van der Waals surface area contributed by atoms with E-state index in [1.165, 1.54) is 36.4 Å². The van der Waals surface area contributed by atoms with Crippen molar-refractivity contribution in [2.45, 2.75) is 13.1 Å². The first-order valence-electron chi connectivity index (χ1n) is 10.1. The van der Waals surface area contributed by atoms with E-state index >= 15 is 0 Å². The SMILES string of the molecule is Cc1nc2ccc(NC(=O)c3ccc(OCC(=O)Nc4cccc(C(F)(F)F)c4)cc3)cc2o1. The largest absolute Gasteiger partial charge is 0.484 e. The van der Waals surface area contributed by atoms with Crippen LogP contribution < -0.4 is 15.4 Å². The number of halogens is 3. The minimum atomic E-state index is -4.51. The average molecular weight is 469 g/mol. The lowest BCUT2D eigenvalue weighted by Crippen LogP contribution is -2.20. The number of aromatic nitrogens is 1. The summed E-state index contributed by atoms with van der Waals surface area (Å²) in [7, 11) is 0. The van der Waals surface area contributed by atoms with Crippen molar-refractivity contribution in [3.05, 3.63) is 83.7 Å². The number of oxazole rings is 1. The van der Waals surface area contributed by atoms with E-state index in [9.17, 15) is 22.8 Å². The van der Waals surface area contributed by atoms with Gasteiger partial charge in [0, 0.05) is 29.9 Å². The normalized spacial score (nSPS) is 11.3. The molecule has 34 heavy (non-hydrogen) atoms. The fraction of sp³-hybridized carbons (Fsp3) is 0.125. The van der Waals surface area contributed by atoms with E-state index in [2.05, 4.69) is 15.6 Å². The molecular formula is C24H18F3N3O4. The standard InChI is InChI=1S/C24H18F3N3O4/c1-14-28-20-10-7-18(12-21(20)34-14)30-23(32)15-5-8-19(9-6-15)33-13-22(31)29-17-4-2-3-16(11-17)24(25,26)27/h2-12H,13H2,1H3,(H,29,31)(H,30,32). The van der Waals surface area contributed by atoms with Crippen molar-refractivity contribution in [2.24, 2.45) is 0 Å². The quantitative estimate of drug-likeness (QED) is 0.393. The number of carbonyl (C=O) groups excluding carboxylic acids is 2. The van der Waals surface area contributed by atoms with E-state index in [0.29, 0.717) is 34.0 Å². The van der Waals surface area contributed by atoms with Gasteiger partial charge in [-0.3, -0.25) is 9.59 Å². The summed E-state index contributed by atoms with van der Waals surface area (Å²) in [5.74, 6) is -0.143. The van der Waals surface area contributed by atoms with E-state index in [1.807, 2.05) is 0 Å². The van der Waals surface area contributed by atoms with Gasteiger partial charge in [-0.2, -0.15) is 13.2 Å². The fourth-order valence-electron chi connectivity index (χ4n) is 3.14. The van der Waals surface area contributed by atoms with E-state index in [-0.39, 0.29) is 11.6 Å². The maximum absolute atomic E-state index is 12.8. The number of rotatable bonds is 6. The van der Waals surface area contributed by atoms with Gasteiger partial charge in [0.05, 0.1) is 5.56 Å². The van der Waals surface area contributed by atoms with E-state index < -0.39 is 24.3 Å². The average Bonchev–Trinajstić information content (AvgIpc) is 3.17. The Labute approximate surface area is 191 Å². The van der Waals surface area contributed by atoms with Crippen LogP contribution in [0, 0.1) is 6.92 Å². The van der Waals surface area contributed by atoms with Crippen LogP contribution in [0.25, 0.3) is 11.1 Å². The molecule has 0 aliphatic carbocycles. The summed E-state index contributed by atoms with van der Waals surface area (Å²) in [6, 6.07) is 15.5. The van der Waals surface area contributed by atoms with Crippen LogP contribution in [0.4, 0.5) is 24.5 Å². The molecule has 0 bridgehead atoms. The van der Waals surface area contributed by atoms with Crippen molar-refractivity contribution < 1.29 is 31.9 Å². The van der Waals surface area contributed by atoms with Crippen LogP contribution in [0.3, 0.4) is 0 Å². The van der Waals surface area contributed by atoms with Gasteiger partial charge in [-0.15, -0.1) is 0 Å². The minimum absolute atomic E-state index is 0.00845. The predicted molar refractivity (Wildman–Crippen MR) is 119 cm³/mol. The molecule has 1 aromatic heterocycles. The first-order valence-corrected chi connectivity index (χ1v) is 10.1. The number of benzene rings is 3. The van der Waals surface area contributed by atoms with Crippen molar-refractivity contribution >= 4 is 34.3 Å². The third kappa shape index (κ3) is 5.52. The van der Waals surface area contributed by atoms with Crippen molar-refractivity contribution in [1.29, 1.82) is 0 Å². The molecule has 0 spiro atoms. The zero-order chi connectivity index (χ0) is 24.3. The van der Waals surface area contributed by atoms with Gasteiger partial charge in [-0.1, -0.05) is 6.07 Å². The number of hydrogen-bond donors (Lipinski definition) is 2. The van der Waals surface area contributed by atoms with Crippen LogP contribution in [0.2, 0.25) is 0 Å². The van der Waals surface area contributed by atoms with Crippen LogP contribution in [0.15, 0.2) is 71.1 Å². The number of nitrogens with one attached hydrogen (secondary N) is 2. The van der Waals surface area contributed by atoms with Crippen LogP contribution in [0.5, 0.6) is 5.75 Å². The van der Waals surface area contributed by atoms with Gasteiger partial charge in [0.15, 0.2) is 18.1 Å². The molecule has 2 amide bonds. The number of hydrogen-bond acceptors (Lipinski definition) is 5. The van der Waals surface area contributed by atoms with Crippen LogP contribution in [0.1, 0.15) is 21.8 Å². The number of alkyl halides is 3. The first kappa shape index (κ1) is 22.8. The third-order valence-electron chi connectivity index (χ3n) is 4.71. The highest BCUT2D eigenvalue weighted by molar-refractivity contribution is 6.05. The number of nitrogens with zero attached hydrogens (tertiary/aromatic N) is 1. The Hall–Kier alpha value is -4.34. The number of carbonyl (C=O) groups is 2. The highest BCUT2D eigenvalue weighted by Gasteiger charge is 2.30. The summed E-state index contributed by atoms with van der Waals surface area (Å²) in [5.41, 5.74) is 1.29. The summed E-state index contributed by atoms with van der Waals surface area (Å²) < 4.78 is 49.1. The number of ether oxygens (including phenoxy) is 1. The molecule has 174 valence electrons. The molecule has 0 aliphatic rings. The van der Waals surface area contributed by atoms with Gasteiger partial charge in [-0.05, 0) is 54.6 Å². The number of anilines is 2. The summed E-state index contributed by atoms with van der Waals surface area (Å²) in [6.07, 6.45) is -4.51. The summed E-state index contributed by atoms with van der Waals surface area (Å²) in [6.45, 7) is 1.31. The minimum Gasteiger partial charge on any atom is -0.484 e. The molecular weight excluding hydrogens is 451 g/mol. The second-order valence-corrected chi connectivity index (χ2v) is 7.31. The maximum Gasteiger partial charge on any atom is 0.416 e. The van der Waals surface area contributed by atoms with Crippen LogP contribution >= 0.6 is 0 Å². The van der Waals surface area contributed by atoms with Crippen molar-refractivity contribution in [1.82, 2.24) is 4.98 Å². The molecule has 0 saturated heterocycles. The Balaban J connectivity index is 1.31. The lowest BCUT2D eigenvalue weighted by Gasteiger charge is -2.11. The van der Waals surface area contributed by atoms with Gasteiger partial charge < -0.3 is 19.8 Å². The highest BCUT2D eigenvalue weighted by Crippen LogP contribution is 2.30. The first-order chi connectivity index (χ1) is 16.2. The van der Waals surface area contributed by atoms with Crippen LogP contribution in [-0.2, 0) is 11.0 Å². The molecule has 2 N–H and O–H groups in total. The fourth-order valence-corrected chi connectivity index (χ4v) is 3.14. The molecule has 3 aromatic carbocycles. The smallest absolute Gasteiger partial charge is 0.416 e. The van der Waals surface area contributed by atoms with Crippen molar-refractivity contribution in [3.8, 4) is 5.75 Å². The molecule has 0 unspecified atom stereocenters. The van der Waals surface area contributed by atoms with Gasteiger partial charge >= 0.3 is 6.18 Å². The number of aryl methyl sites for hydroxylation is 1. The summed E-state index contributed by atoms with van der Waals surface area (Å²) >= 11 is 0. The molecule has 4 aromatic rings. The van der Waals surface area contributed by atoms with E-state index in [1.54, 1.807) is 25.1 Å². The molecule has 10 heteroatoms. The zero-order valence-electron chi connectivity index (χ0n) is 17.8. The summed E-state index contributed by atoms with van der Waals surface area (Å²) in [4.78, 5) is 28.7. The topological polar surface area (TPSA) is 93.5 Å². The zero-order valence-corrected chi connectivity index (χ0v) is 17.8. The van der Waals surface area contributed by atoms with E-state index in [4.69, 9.17) is 9.15 Å². The Kier molecular flexibility index (Phi) is 6.22. The second kappa shape index (κ2) is 9.26. The van der Waals surface area contributed by atoms with Crippen molar-refractivity contribution in [3.63, 3.8) is 0 Å². The Morgan fingerprint density at radius 1 is 0.971 bits per heavy atom. The third-order valence-corrected chi connectivity index (χ3v) is 4.71. The van der Waals surface area contributed by atoms with E-state index in [0.717, 1.165) is 12.1 Å². The lowest BCUT2D eigenvalue weighted by atomic mass is 10.2. The van der Waals surface area contributed by atoms with Gasteiger partial charge in [0.2, 0.25) is 0 Å². The lowest BCUT2D eigenvalue weighted by molar-refractivity contribution is -0.137. The Bertz CT molecular complexity index is 1350. The maximum atomic E-state index is 12.8. The molecule has 7 nitrogen and oxygen atoms in total. The Morgan fingerprint density at radius 2 is 1.71 bits per heavy atom. The molecule has 0 saturated carbocycles. The molecule has 0 fully saturated rings. The summed E-state index contributed by atoms with van der Waals surface area (Å²) in [5, 5.41) is 5.12. The second-order valence-electron chi connectivity index (χ2n) is 7.31. The predicted octanol–water partition coefficient (Wildman–Crippen LogP) is 5.42. The molecule has 0 radical (unpaired) electrons. The highest BCUT2D eigenvalue weighted by atomic mass is 19.4. The number of amides is 2. The van der Waals surface area contributed by atoms with Crippen molar-refractivity contribution in [2.75, 3.05) is 17.2 Å². The van der Waals surface area contributed by atoms with Gasteiger partial charge in [0.1, 0.15) is 11.3 Å². The van der Waals surface area contributed by atoms with Crippen LogP contribution in [-0.4, -0.2) is 23.4 Å². The molecule has 0 aliphatic heterocycles. The number of fused-ring (bicyclic) bond motifs is 1. The van der Waals surface area contributed by atoms with Gasteiger partial charge in [-0.25, -0.2) is 4.98 Å². The molecule has 1 heterocycles. The Morgan fingerprint density at radius 3 is 2.44 bits per heavy atom. The molecule has 4 rings (SSSR count).